The third-order valence-electron chi connectivity index (χ3n) is 3.85. The smallest absolute Gasteiger partial charge is 0.229 e. The zero-order chi connectivity index (χ0) is 18.7. The summed E-state index contributed by atoms with van der Waals surface area (Å²) in [6.07, 6.45) is 1.67. The largest absolute Gasteiger partial charge is 0.372 e. The van der Waals surface area contributed by atoms with Crippen LogP contribution in [0.2, 0.25) is 0 Å². The van der Waals surface area contributed by atoms with Crippen molar-refractivity contribution in [2.45, 2.75) is 11.8 Å². The molecule has 3 rings (SSSR count). The van der Waals surface area contributed by atoms with Crippen LogP contribution in [0.4, 0.5) is 21.8 Å². The second kappa shape index (κ2) is 7.49. The average Bonchev–Trinajstić information content (AvgIpc) is 2.64. The number of hydrogen-bond acceptors (Lipinski definition) is 6. The van der Waals surface area contributed by atoms with E-state index in [1.165, 1.54) is 6.07 Å². The predicted octanol–water partition coefficient (Wildman–Crippen LogP) is 3.98. The Morgan fingerprint density at radius 2 is 1.88 bits per heavy atom. The van der Waals surface area contributed by atoms with Gasteiger partial charge in [0, 0.05) is 29.4 Å². The van der Waals surface area contributed by atoms with E-state index in [1.807, 2.05) is 0 Å². The molecule has 3 N–H and O–H groups in total. The summed E-state index contributed by atoms with van der Waals surface area (Å²) < 4.78 is 31.9. The van der Waals surface area contributed by atoms with Crippen molar-refractivity contribution in [2.24, 2.45) is 0 Å². The van der Waals surface area contributed by atoms with E-state index in [4.69, 9.17) is 4.78 Å². The maximum atomic E-state index is 13.5. The van der Waals surface area contributed by atoms with Gasteiger partial charge >= 0.3 is 0 Å². The molecule has 1 atom stereocenters. The van der Waals surface area contributed by atoms with Crippen LogP contribution in [0.3, 0.4) is 0 Å². The molecular formula is C18H18FN5OS. The quantitative estimate of drug-likeness (QED) is 0.509. The monoisotopic (exact) mass is 371 g/mol. The molecule has 1 heterocycles. The van der Waals surface area contributed by atoms with Crippen LogP contribution in [0.25, 0.3) is 11.1 Å². The summed E-state index contributed by atoms with van der Waals surface area (Å²) in [4.78, 5) is 9.23. The molecule has 6 nitrogen and oxygen atoms in total. The van der Waals surface area contributed by atoms with Crippen molar-refractivity contribution >= 4 is 28.0 Å². The van der Waals surface area contributed by atoms with E-state index in [0.717, 1.165) is 16.8 Å². The molecule has 2 aromatic carbocycles. The number of nitrogens with zero attached hydrogens (tertiary/aromatic N) is 2. The first-order valence-corrected chi connectivity index (χ1v) is 9.11. The van der Waals surface area contributed by atoms with Crippen molar-refractivity contribution in [1.82, 2.24) is 9.97 Å². The fourth-order valence-electron chi connectivity index (χ4n) is 2.47. The van der Waals surface area contributed by atoms with Gasteiger partial charge in [0.1, 0.15) is 11.6 Å². The van der Waals surface area contributed by atoms with E-state index < -0.39 is 10.6 Å². The molecule has 0 amide bonds. The molecule has 1 aromatic heterocycles. The van der Waals surface area contributed by atoms with E-state index in [-0.39, 0.29) is 5.82 Å². The summed E-state index contributed by atoms with van der Waals surface area (Å²) >= 11 is 0. The molecule has 0 spiro atoms. The molecule has 0 bridgehead atoms. The fourth-order valence-corrected chi connectivity index (χ4v) is 2.89. The molecule has 3 aromatic rings. The zero-order valence-electron chi connectivity index (χ0n) is 14.2. The Bertz CT molecular complexity index is 1010. The van der Waals surface area contributed by atoms with Gasteiger partial charge < -0.3 is 10.6 Å². The number of aryl methyl sites for hydroxylation is 1. The number of halogens is 1. The third kappa shape index (κ3) is 3.80. The van der Waals surface area contributed by atoms with Gasteiger partial charge in [-0.05, 0) is 54.4 Å². The first kappa shape index (κ1) is 17.8. The topological polar surface area (TPSA) is 90.8 Å². The van der Waals surface area contributed by atoms with E-state index in [9.17, 15) is 8.60 Å². The summed E-state index contributed by atoms with van der Waals surface area (Å²) in [5, 5.41) is 6.10. The first-order valence-electron chi connectivity index (χ1n) is 7.85. The molecule has 1 unspecified atom stereocenters. The normalized spacial score (nSPS) is 11.8. The minimum Gasteiger partial charge on any atom is -0.372 e. The van der Waals surface area contributed by atoms with Crippen LogP contribution in [0.5, 0.6) is 0 Å². The molecule has 0 aliphatic heterocycles. The predicted molar refractivity (Wildman–Crippen MR) is 102 cm³/mol. The maximum Gasteiger partial charge on any atom is 0.229 e. The highest BCUT2D eigenvalue weighted by Gasteiger charge is 2.10. The molecular weight excluding hydrogens is 353 g/mol. The summed E-state index contributed by atoms with van der Waals surface area (Å²) in [5.74, 6) is 0.746. The SMILES string of the molecule is CNc1nc(Nc2ccc([SH](=N)=O)cc2)ncc1-c1ccc(F)c(C)c1. The molecule has 0 fully saturated rings. The lowest BCUT2D eigenvalue weighted by Crippen LogP contribution is -2.03. The molecule has 26 heavy (non-hydrogen) atoms. The second-order valence-electron chi connectivity index (χ2n) is 5.64. The van der Waals surface area contributed by atoms with Gasteiger partial charge in [-0.1, -0.05) is 6.07 Å². The van der Waals surface area contributed by atoms with Gasteiger partial charge in [0.05, 0.1) is 10.6 Å². The number of benzene rings is 2. The number of thiol groups is 1. The van der Waals surface area contributed by atoms with Crippen molar-refractivity contribution in [2.75, 3.05) is 17.7 Å². The highest BCUT2D eigenvalue weighted by Crippen LogP contribution is 2.28. The van der Waals surface area contributed by atoms with Crippen molar-refractivity contribution < 1.29 is 8.60 Å². The summed E-state index contributed by atoms with van der Waals surface area (Å²) in [7, 11) is -0.350. The van der Waals surface area contributed by atoms with Crippen LogP contribution >= 0.6 is 0 Å². The van der Waals surface area contributed by atoms with Gasteiger partial charge in [-0.3, -0.25) is 4.78 Å². The molecule has 0 aliphatic carbocycles. The Balaban J connectivity index is 1.89. The Labute approximate surface area is 152 Å². The van der Waals surface area contributed by atoms with Crippen molar-refractivity contribution in [3.63, 3.8) is 0 Å². The fraction of sp³-hybridized carbons (Fsp3) is 0.111. The molecule has 8 heteroatoms. The Hall–Kier alpha value is -3.00. The minimum atomic E-state index is -2.11. The van der Waals surface area contributed by atoms with E-state index in [1.54, 1.807) is 56.6 Å². The van der Waals surface area contributed by atoms with Gasteiger partial charge in [0.25, 0.3) is 0 Å². The van der Waals surface area contributed by atoms with Gasteiger partial charge in [-0.25, -0.2) is 13.6 Å². The van der Waals surface area contributed by atoms with Gasteiger partial charge in [0.15, 0.2) is 0 Å². The van der Waals surface area contributed by atoms with Crippen LogP contribution in [0.15, 0.2) is 53.6 Å². The molecule has 0 aliphatic rings. The number of anilines is 3. The lowest BCUT2D eigenvalue weighted by Gasteiger charge is -2.12. The van der Waals surface area contributed by atoms with E-state index in [0.29, 0.717) is 22.2 Å². The van der Waals surface area contributed by atoms with Crippen LogP contribution in [0, 0.1) is 17.5 Å². The van der Waals surface area contributed by atoms with Crippen molar-refractivity contribution in [3.05, 3.63) is 60.0 Å². The Kier molecular flexibility index (Phi) is 5.13. The van der Waals surface area contributed by atoms with Crippen molar-refractivity contribution in [3.8, 4) is 11.1 Å². The first-order chi connectivity index (χ1) is 12.5. The van der Waals surface area contributed by atoms with Gasteiger partial charge in [0.2, 0.25) is 5.95 Å². The third-order valence-corrected chi connectivity index (χ3v) is 4.62. The van der Waals surface area contributed by atoms with Crippen LogP contribution in [0.1, 0.15) is 5.56 Å². The van der Waals surface area contributed by atoms with Gasteiger partial charge in [-0.15, -0.1) is 0 Å². The molecule has 0 saturated heterocycles. The minimum absolute atomic E-state index is 0.253. The highest BCUT2D eigenvalue weighted by molar-refractivity contribution is 7.73. The van der Waals surface area contributed by atoms with Crippen LogP contribution in [-0.2, 0) is 10.6 Å². The highest BCUT2D eigenvalue weighted by atomic mass is 32.2. The molecule has 0 saturated carbocycles. The molecule has 0 radical (unpaired) electrons. The lowest BCUT2D eigenvalue weighted by molar-refractivity contribution is 0.619. The maximum absolute atomic E-state index is 13.5. The summed E-state index contributed by atoms with van der Waals surface area (Å²) in [6.45, 7) is 1.71. The zero-order valence-corrected chi connectivity index (χ0v) is 15.1. The lowest BCUT2D eigenvalue weighted by atomic mass is 10.1. The average molecular weight is 371 g/mol. The standard InChI is InChI=1S/C18H18FN5OS/c1-11-9-12(3-8-16(11)19)15-10-22-18(24-17(15)21-2)23-13-4-6-14(7-5-13)26(20)25/h3-10,20,26H,1-2H3,(H2,21,22,23,24). The second-order valence-corrected chi connectivity index (χ2v) is 6.74. The summed E-state index contributed by atoms with van der Waals surface area (Å²) in [5.41, 5.74) is 2.86. The Morgan fingerprint density at radius 3 is 2.50 bits per heavy atom. The van der Waals surface area contributed by atoms with Crippen LogP contribution in [-0.4, -0.2) is 21.2 Å². The van der Waals surface area contributed by atoms with Gasteiger partial charge in [-0.2, -0.15) is 4.98 Å². The number of nitrogens with one attached hydrogen (secondary N) is 3. The summed E-state index contributed by atoms with van der Waals surface area (Å²) in [6, 6.07) is 11.6. The van der Waals surface area contributed by atoms with Crippen LogP contribution < -0.4 is 10.6 Å². The van der Waals surface area contributed by atoms with Crippen molar-refractivity contribution in [1.29, 1.82) is 4.78 Å². The van der Waals surface area contributed by atoms with E-state index in [2.05, 4.69) is 20.6 Å². The number of aromatic nitrogens is 2. The van der Waals surface area contributed by atoms with E-state index >= 15 is 0 Å². The Morgan fingerprint density at radius 1 is 1.15 bits per heavy atom. The molecule has 134 valence electrons. The number of hydrogen-bond donors (Lipinski definition) is 4. The number of rotatable bonds is 5.